The van der Waals surface area contributed by atoms with Crippen LogP contribution in [0.4, 0.5) is 17.1 Å². The van der Waals surface area contributed by atoms with Crippen LogP contribution >= 0.6 is 0 Å². The summed E-state index contributed by atoms with van der Waals surface area (Å²) in [5.41, 5.74) is 1.49. The molecule has 0 radical (unpaired) electrons. The van der Waals surface area contributed by atoms with Gasteiger partial charge < -0.3 is 20.3 Å². The Bertz CT molecular complexity index is 1020. The number of non-ortho nitro benzene ring substituents is 1. The number of carbonyl (C=O) groups excluding carboxylic acids is 3. The van der Waals surface area contributed by atoms with Crippen LogP contribution in [-0.4, -0.2) is 48.4 Å². The molecule has 174 valence electrons. The first kappa shape index (κ1) is 23.7. The molecule has 1 heterocycles. The largest absolute Gasteiger partial charge is 0.451 e. The van der Waals surface area contributed by atoms with Gasteiger partial charge in [0.1, 0.15) is 6.54 Å². The summed E-state index contributed by atoms with van der Waals surface area (Å²) in [5, 5.41) is 15.8. The standard InChI is InChI=1S/C23H26N4O6/c1-16(22(29)25-18-8-10-19(11-9-18)26-12-3-2-4-13-26)33-21(28)15-24-23(30)17-6-5-7-20(14-17)27(31)32/h5-11,14,16H,2-4,12-13,15H2,1H3,(H,24,30)(H,25,29). The molecule has 0 saturated carbocycles. The maximum atomic E-state index is 12.3. The van der Waals surface area contributed by atoms with Gasteiger partial charge in [-0.15, -0.1) is 0 Å². The molecule has 1 saturated heterocycles. The number of ether oxygens (including phenoxy) is 1. The van der Waals surface area contributed by atoms with Crippen LogP contribution < -0.4 is 15.5 Å². The van der Waals surface area contributed by atoms with Gasteiger partial charge in [-0.1, -0.05) is 6.07 Å². The number of anilines is 2. The van der Waals surface area contributed by atoms with E-state index in [1.807, 2.05) is 12.1 Å². The van der Waals surface area contributed by atoms with E-state index in [-0.39, 0.29) is 11.3 Å². The fraction of sp³-hybridized carbons (Fsp3) is 0.348. The molecule has 2 N–H and O–H groups in total. The number of esters is 1. The Kier molecular flexibility index (Phi) is 7.96. The Balaban J connectivity index is 1.45. The van der Waals surface area contributed by atoms with E-state index >= 15 is 0 Å². The van der Waals surface area contributed by atoms with Crippen LogP contribution in [0.15, 0.2) is 48.5 Å². The fourth-order valence-corrected chi connectivity index (χ4v) is 3.46. The molecule has 2 amide bonds. The van der Waals surface area contributed by atoms with Crippen LogP contribution in [0.5, 0.6) is 0 Å². The van der Waals surface area contributed by atoms with E-state index < -0.39 is 35.4 Å². The molecule has 10 nitrogen and oxygen atoms in total. The van der Waals surface area contributed by atoms with Crippen molar-refractivity contribution in [3.05, 3.63) is 64.2 Å². The maximum Gasteiger partial charge on any atom is 0.326 e. The SMILES string of the molecule is CC(OC(=O)CNC(=O)c1cccc([N+](=O)[O-])c1)C(=O)Nc1ccc(N2CCCCC2)cc1. The Morgan fingerprint density at radius 3 is 2.45 bits per heavy atom. The van der Waals surface area contributed by atoms with E-state index in [2.05, 4.69) is 15.5 Å². The fourth-order valence-electron chi connectivity index (χ4n) is 3.46. The van der Waals surface area contributed by atoms with Gasteiger partial charge in [0.2, 0.25) is 0 Å². The molecule has 1 aliphatic heterocycles. The zero-order valence-electron chi connectivity index (χ0n) is 18.3. The summed E-state index contributed by atoms with van der Waals surface area (Å²) >= 11 is 0. The number of nitrogens with zero attached hydrogens (tertiary/aromatic N) is 2. The van der Waals surface area contributed by atoms with Crippen molar-refractivity contribution < 1.29 is 24.0 Å². The third-order valence-electron chi connectivity index (χ3n) is 5.25. The Labute approximate surface area is 191 Å². The van der Waals surface area contributed by atoms with E-state index in [1.54, 1.807) is 12.1 Å². The zero-order valence-corrected chi connectivity index (χ0v) is 18.3. The summed E-state index contributed by atoms with van der Waals surface area (Å²) in [6.07, 6.45) is 2.52. The smallest absolute Gasteiger partial charge is 0.326 e. The van der Waals surface area contributed by atoms with Gasteiger partial charge >= 0.3 is 5.97 Å². The van der Waals surface area contributed by atoms with Gasteiger partial charge in [0.15, 0.2) is 6.10 Å². The summed E-state index contributed by atoms with van der Waals surface area (Å²) in [5.74, 6) is -1.97. The van der Waals surface area contributed by atoms with Crippen molar-refractivity contribution in [1.29, 1.82) is 0 Å². The number of rotatable bonds is 8. The molecule has 1 unspecified atom stereocenters. The third-order valence-corrected chi connectivity index (χ3v) is 5.25. The van der Waals surface area contributed by atoms with Gasteiger partial charge in [0, 0.05) is 42.2 Å². The number of nitrogens with one attached hydrogen (secondary N) is 2. The third kappa shape index (κ3) is 6.76. The van der Waals surface area contributed by atoms with Crippen LogP contribution in [0.25, 0.3) is 0 Å². The topological polar surface area (TPSA) is 131 Å². The summed E-state index contributed by atoms with van der Waals surface area (Å²) in [7, 11) is 0. The molecule has 0 aromatic heterocycles. The van der Waals surface area contributed by atoms with Gasteiger partial charge in [-0.05, 0) is 56.5 Å². The molecule has 2 aromatic carbocycles. The number of hydrogen-bond donors (Lipinski definition) is 2. The second-order valence-electron chi connectivity index (χ2n) is 7.71. The van der Waals surface area contributed by atoms with Gasteiger partial charge in [-0.25, -0.2) is 0 Å². The average Bonchev–Trinajstić information content (AvgIpc) is 2.83. The van der Waals surface area contributed by atoms with Gasteiger partial charge in [0.05, 0.1) is 4.92 Å². The molecule has 33 heavy (non-hydrogen) atoms. The Morgan fingerprint density at radius 1 is 1.09 bits per heavy atom. The highest BCUT2D eigenvalue weighted by atomic mass is 16.6. The number of nitro groups is 1. The van der Waals surface area contributed by atoms with E-state index in [4.69, 9.17) is 4.74 Å². The predicted molar refractivity (Wildman–Crippen MR) is 122 cm³/mol. The molecule has 3 rings (SSSR count). The predicted octanol–water partition coefficient (Wildman–Crippen LogP) is 2.89. The molecule has 10 heteroatoms. The lowest BCUT2D eigenvalue weighted by Gasteiger charge is -2.28. The quantitative estimate of drug-likeness (QED) is 0.356. The lowest BCUT2D eigenvalue weighted by atomic mass is 10.1. The van der Waals surface area contributed by atoms with Crippen LogP contribution in [0, 0.1) is 10.1 Å². The molecule has 0 aliphatic carbocycles. The molecule has 0 bridgehead atoms. The number of amides is 2. The van der Waals surface area contributed by atoms with E-state index in [9.17, 15) is 24.5 Å². The summed E-state index contributed by atoms with van der Waals surface area (Å²) in [6, 6.07) is 12.6. The number of piperidine rings is 1. The Hall–Kier alpha value is -3.95. The Morgan fingerprint density at radius 2 is 1.79 bits per heavy atom. The van der Waals surface area contributed by atoms with Crippen molar-refractivity contribution in [3.8, 4) is 0 Å². The minimum atomic E-state index is -1.08. The number of hydrogen-bond acceptors (Lipinski definition) is 7. The summed E-state index contributed by atoms with van der Waals surface area (Å²) in [6.45, 7) is 2.99. The van der Waals surface area contributed by atoms with Crippen molar-refractivity contribution >= 4 is 34.8 Å². The molecule has 1 fully saturated rings. The zero-order chi connectivity index (χ0) is 23.8. The van der Waals surface area contributed by atoms with E-state index in [0.29, 0.717) is 5.69 Å². The molecular weight excluding hydrogens is 428 g/mol. The number of nitro benzene ring substituents is 1. The van der Waals surface area contributed by atoms with Crippen molar-refractivity contribution in [2.24, 2.45) is 0 Å². The average molecular weight is 454 g/mol. The van der Waals surface area contributed by atoms with Crippen LogP contribution in [0.2, 0.25) is 0 Å². The highest BCUT2D eigenvalue weighted by Gasteiger charge is 2.19. The van der Waals surface area contributed by atoms with Gasteiger partial charge in [0.25, 0.3) is 17.5 Å². The highest BCUT2D eigenvalue weighted by molar-refractivity contribution is 5.97. The normalized spacial score (nSPS) is 14.2. The number of benzene rings is 2. The first-order valence-corrected chi connectivity index (χ1v) is 10.7. The van der Waals surface area contributed by atoms with Gasteiger partial charge in [-0.3, -0.25) is 24.5 Å². The van der Waals surface area contributed by atoms with Crippen LogP contribution in [0.3, 0.4) is 0 Å². The minimum absolute atomic E-state index is 0.0378. The molecule has 1 aliphatic rings. The lowest BCUT2D eigenvalue weighted by molar-refractivity contribution is -0.384. The van der Waals surface area contributed by atoms with Crippen LogP contribution in [0.1, 0.15) is 36.5 Å². The lowest BCUT2D eigenvalue weighted by Crippen LogP contribution is -2.35. The second kappa shape index (κ2) is 11.1. The first-order valence-electron chi connectivity index (χ1n) is 10.7. The minimum Gasteiger partial charge on any atom is -0.451 e. The molecule has 0 spiro atoms. The van der Waals surface area contributed by atoms with Crippen molar-refractivity contribution in [1.82, 2.24) is 5.32 Å². The van der Waals surface area contributed by atoms with Crippen molar-refractivity contribution in [2.75, 3.05) is 29.9 Å². The van der Waals surface area contributed by atoms with Gasteiger partial charge in [-0.2, -0.15) is 0 Å². The number of carbonyl (C=O) groups is 3. The van der Waals surface area contributed by atoms with Crippen molar-refractivity contribution in [2.45, 2.75) is 32.3 Å². The monoisotopic (exact) mass is 454 g/mol. The maximum absolute atomic E-state index is 12.3. The van der Waals surface area contributed by atoms with Crippen LogP contribution in [-0.2, 0) is 14.3 Å². The summed E-state index contributed by atoms with van der Waals surface area (Å²) in [4.78, 5) is 49.0. The molecule has 2 aromatic rings. The van der Waals surface area contributed by atoms with Crippen molar-refractivity contribution in [3.63, 3.8) is 0 Å². The molecular formula is C23H26N4O6. The first-order chi connectivity index (χ1) is 15.8. The second-order valence-corrected chi connectivity index (χ2v) is 7.71. The molecule has 1 atom stereocenters. The van der Waals surface area contributed by atoms with E-state index in [1.165, 1.54) is 44.4 Å². The highest BCUT2D eigenvalue weighted by Crippen LogP contribution is 2.22. The summed E-state index contributed by atoms with van der Waals surface area (Å²) < 4.78 is 5.07. The van der Waals surface area contributed by atoms with E-state index in [0.717, 1.165) is 24.8 Å².